The van der Waals surface area contributed by atoms with Gasteiger partial charge in [0.2, 0.25) is 5.89 Å². The van der Waals surface area contributed by atoms with Gasteiger partial charge in [-0.3, -0.25) is 4.79 Å². The number of rotatable bonds is 5. The maximum absolute atomic E-state index is 12.7. The number of ether oxygens (including phenoxy) is 1. The van der Waals surface area contributed by atoms with Crippen LogP contribution in [0.25, 0.3) is 0 Å². The Hall–Kier alpha value is -2.63. The fraction of sp³-hybridized carbons (Fsp3) is 0.353. The number of nitrogens with zero attached hydrogens (tertiary/aromatic N) is 2. The molecule has 1 heterocycles. The zero-order chi connectivity index (χ0) is 17.0. The first-order valence-electron chi connectivity index (χ1n) is 7.32. The molecular formula is C17H20N2O4. The van der Waals surface area contributed by atoms with E-state index < -0.39 is 5.97 Å². The second-order valence-corrected chi connectivity index (χ2v) is 5.51. The van der Waals surface area contributed by atoms with Crippen molar-refractivity contribution >= 4 is 11.9 Å². The molecule has 0 aliphatic carbocycles. The van der Waals surface area contributed by atoms with Crippen LogP contribution in [0, 0.1) is 6.92 Å². The molecule has 2 rings (SSSR count). The van der Waals surface area contributed by atoms with E-state index in [1.165, 1.54) is 13.4 Å². The lowest BCUT2D eigenvalue weighted by molar-refractivity contribution is 0.0593. The van der Waals surface area contributed by atoms with E-state index in [1.54, 1.807) is 17.0 Å². The molecule has 1 amide bonds. The number of amides is 1. The van der Waals surface area contributed by atoms with Crippen LogP contribution in [0.3, 0.4) is 0 Å². The number of methoxy groups -OCH3 is 1. The SMILES string of the molecule is COC(=O)c1coc(CN(C(=O)c2ccc(C)cc2)C(C)C)n1. The third kappa shape index (κ3) is 3.97. The molecule has 0 N–H and O–H groups in total. The molecule has 6 nitrogen and oxygen atoms in total. The first-order valence-corrected chi connectivity index (χ1v) is 7.32. The fourth-order valence-electron chi connectivity index (χ4n) is 2.08. The Morgan fingerprint density at radius 2 is 1.91 bits per heavy atom. The Morgan fingerprint density at radius 3 is 2.48 bits per heavy atom. The molecule has 0 unspecified atom stereocenters. The van der Waals surface area contributed by atoms with Gasteiger partial charge in [0.05, 0.1) is 13.7 Å². The Balaban J connectivity index is 2.18. The van der Waals surface area contributed by atoms with Gasteiger partial charge in [0.1, 0.15) is 6.26 Å². The van der Waals surface area contributed by atoms with Crippen LogP contribution in [-0.2, 0) is 11.3 Å². The molecule has 0 saturated carbocycles. The lowest BCUT2D eigenvalue weighted by atomic mass is 10.1. The van der Waals surface area contributed by atoms with Crippen molar-refractivity contribution in [1.29, 1.82) is 0 Å². The molecule has 0 atom stereocenters. The highest BCUT2D eigenvalue weighted by atomic mass is 16.5. The molecular weight excluding hydrogens is 296 g/mol. The van der Waals surface area contributed by atoms with Crippen molar-refractivity contribution < 1.29 is 18.7 Å². The topological polar surface area (TPSA) is 72.6 Å². The minimum absolute atomic E-state index is 0.0442. The quantitative estimate of drug-likeness (QED) is 0.793. The van der Waals surface area contributed by atoms with Gasteiger partial charge in [0, 0.05) is 11.6 Å². The van der Waals surface area contributed by atoms with E-state index >= 15 is 0 Å². The highest BCUT2D eigenvalue weighted by molar-refractivity contribution is 5.94. The van der Waals surface area contributed by atoms with Crippen molar-refractivity contribution in [3.63, 3.8) is 0 Å². The number of esters is 1. The molecule has 1 aromatic carbocycles. The third-order valence-corrected chi connectivity index (χ3v) is 3.43. The molecule has 23 heavy (non-hydrogen) atoms. The summed E-state index contributed by atoms with van der Waals surface area (Å²) < 4.78 is 9.86. The van der Waals surface area contributed by atoms with Crippen molar-refractivity contribution in [3.05, 3.63) is 53.2 Å². The van der Waals surface area contributed by atoms with Gasteiger partial charge in [-0.05, 0) is 32.9 Å². The van der Waals surface area contributed by atoms with E-state index in [9.17, 15) is 9.59 Å². The largest absolute Gasteiger partial charge is 0.464 e. The molecule has 0 bridgehead atoms. The molecule has 6 heteroatoms. The molecule has 0 fully saturated rings. The van der Waals surface area contributed by atoms with Gasteiger partial charge < -0.3 is 14.1 Å². The summed E-state index contributed by atoms with van der Waals surface area (Å²) in [6.45, 7) is 5.98. The Morgan fingerprint density at radius 1 is 1.26 bits per heavy atom. The molecule has 0 aliphatic rings. The lowest BCUT2D eigenvalue weighted by Crippen LogP contribution is -2.36. The molecule has 0 spiro atoms. The van der Waals surface area contributed by atoms with Crippen molar-refractivity contribution in [2.24, 2.45) is 0 Å². The summed E-state index contributed by atoms with van der Waals surface area (Å²) in [6, 6.07) is 7.33. The monoisotopic (exact) mass is 316 g/mol. The van der Waals surface area contributed by atoms with Crippen molar-refractivity contribution in [3.8, 4) is 0 Å². The molecule has 122 valence electrons. The number of oxazole rings is 1. The minimum Gasteiger partial charge on any atom is -0.464 e. The van der Waals surface area contributed by atoms with E-state index in [-0.39, 0.29) is 24.2 Å². The van der Waals surface area contributed by atoms with Crippen molar-refractivity contribution in [2.45, 2.75) is 33.4 Å². The smallest absolute Gasteiger partial charge is 0.360 e. The molecule has 2 aromatic rings. The van der Waals surface area contributed by atoms with Crippen LogP contribution in [0.5, 0.6) is 0 Å². The van der Waals surface area contributed by atoms with Crippen LogP contribution in [0.4, 0.5) is 0 Å². The average molecular weight is 316 g/mol. The van der Waals surface area contributed by atoms with E-state index in [0.29, 0.717) is 11.5 Å². The summed E-state index contributed by atoms with van der Waals surface area (Å²) in [7, 11) is 1.28. The van der Waals surface area contributed by atoms with Gasteiger partial charge in [-0.1, -0.05) is 17.7 Å². The number of aryl methyl sites for hydroxylation is 1. The normalized spacial score (nSPS) is 10.7. The van der Waals surface area contributed by atoms with Crippen LogP contribution in [0.1, 0.15) is 46.1 Å². The van der Waals surface area contributed by atoms with Crippen LogP contribution >= 0.6 is 0 Å². The van der Waals surface area contributed by atoms with Crippen molar-refractivity contribution in [1.82, 2.24) is 9.88 Å². The van der Waals surface area contributed by atoms with Crippen LogP contribution in [0.2, 0.25) is 0 Å². The van der Waals surface area contributed by atoms with E-state index in [0.717, 1.165) is 5.56 Å². The highest BCUT2D eigenvalue weighted by Gasteiger charge is 2.22. The summed E-state index contributed by atoms with van der Waals surface area (Å²) in [5.74, 6) is -0.390. The highest BCUT2D eigenvalue weighted by Crippen LogP contribution is 2.14. The molecule has 0 aliphatic heterocycles. The third-order valence-electron chi connectivity index (χ3n) is 3.43. The van der Waals surface area contributed by atoms with Gasteiger partial charge in [-0.15, -0.1) is 0 Å². The van der Waals surface area contributed by atoms with Crippen LogP contribution < -0.4 is 0 Å². The predicted molar refractivity (Wildman–Crippen MR) is 84.0 cm³/mol. The van der Waals surface area contributed by atoms with E-state index in [1.807, 2.05) is 32.9 Å². The number of aromatic nitrogens is 1. The zero-order valence-corrected chi connectivity index (χ0v) is 13.7. The first-order chi connectivity index (χ1) is 10.9. The molecule has 0 saturated heterocycles. The number of benzene rings is 1. The summed E-state index contributed by atoms with van der Waals surface area (Å²) in [4.78, 5) is 29.8. The Labute approximate surface area is 135 Å². The van der Waals surface area contributed by atoms with Gasteiger partial charge in [0.25, 0.3) is 5.91 Å². The zero-order valence-electron chi connectivity index (χ0n) is 13.7. The van der Waals surface area contributed by atoms with Gasteiger partial charge in [0.15, 0.2) is 5.69 Å². The fourth-order valence-corrected chi connectivity index (χ4v) is 2.08. The maximum Gasteiger partial charge on any atom is 0.360 e. The lowest BCUT2D eigenvalue weighted by Gasteiger charge is -2.25. The number of carbonyl (C=O) groups is 2. The van der Waals surface area contributed by atoms with Gasteiger partial charge >= 0.3 is 5.97 Å². The first kappa shape index (κ1) is 16.7. The average Bonchev–Trinajstić information content (AvgIpc) is 3.00. The van der Waals surface area contributed by atoms with E-state index in [2.05, 4.69) is 9.72 Å². The summed E-state index contributed by atoms with van der Waals surface area (Å²) in [5.41, 5.74) is 1.78. The standard InChI is InChI=1S/C17H20N2O4/c1-11(2)19(16(20)13-7-5-12(3)6-8-13)9-15-18-14(10-23-15)17(21)22-4/h5-8,10-11H,9H2,1-4H3. The number of hydrogen-bond donors (Lipinski definition) is 0. The second kappa shape index (κ2) is 7.09. The minimum atomic E-state index is -0.569. The molecule has 0 radical (unpaired) electrons. The Kier molecular flexibility index (Phi) is 5.16. The maximum atomic E-state index is 12.7. The van der Waals surface area contributed by atoms with Crippen LogP contribution in [0.15, 0.2) is 34.9 Å². The summed E-state index contributed by atoms with van der Waals surface area (Å²) in [6.07, 6.45) is 1.23. The van der Waals surface area contributed by atoms with E-state index in [4.69, 9.17) is 4.42 Å². The number of carbonyl (C=O) groups excluding carboxylic acids is 2. The predicted octanol–water partition coefficient (Wildman–Crippen LogP) is 2.82. The number of hydrogen-bond acceptors (Lipinski definition) is 5. The van der Waals surface area contributed by atoms with Crippen molar-refractivity contribution in [2.75, 3.05) is 7.11 Å². The van der Waals surface area contributed by atoms with Crippen LogP contribution in [-0.4, -0.2) is 34.9 Å². The molecule has 1 aromatic heterocycles. The second-order valence-electron chi connectivity index (χ2n) is 5.51. The van der Waals surface area contributed by atoms with Gasteiger partial charge in [-0.25, -0.2) is 9.78 Å². The summed E-state index contributed by atoms with van der Waals surface area (Å²) in [5, 5.41) is 0. The van der Waals surface area contributed by atoms with Gasteiger partial charge in [-0.2, -0.15) is 0 Å². The Bertz CT molecular complexity index is 689. The summed E-state index contributed by atoms with van der Waals surface area (Å²) >= 11 is 0.